The molecule has 1 aliphatic rings. The molecule has 0 aliphatic carbocycles. The molecular formula is C27H40IN5O. The molecule has 1 aliphatic heterocycles. The summed E-state index contributed by atoms with van der Waals surface area (Å²) in [5, 5.41) is 6.85. The van der Waals surface area contributed by atoms with Gasteiger partial charge >= 0.3 is 0 Å². The van der Waals surface area contributed by atoms with Crippen LogP contribution in [0.25, 0.3) is 0 Å². The molecule has 2 aromatic carbocycles. The Kier molecular flexibility index (Phi) is 11.8. The van der Waals surface area contributed by atoms with E-state index in [0.717, 1.165) is 56.2 Å². The molecule has 0 bridgehead atoms. The van der Waals surface area contributed by atoms with Crippen LogP contribution in [0.3, 0.4) is 0 Å². The number of rotatable bonds is 9. The summed E-state index contributed by atoms with van der Waals surface area (Å²) in [5.41, 5.74) is 4.49. The van der Waals surface area contributed by atoms with E-state index in [9.17, 15) is 4.79 Å². The SMILES string of the molecule is CCNC(=NCC(c1ccc(C)cc1)N1CCCC1)NCCc1cccc(C(=O)N(C)C)c1.I. The van der Waals surface area contributed by atoms with E-state index in [-0.39, 0.29) is 29.9 Å². The molecule has 1 heterocycles. The van der Waals surface area contributed by atoms with Crippen molar-refractivity contribution in [2.24, 2.45) is 4.99 Å². The van der Waals surface area contributed by atoms with E-state index in [1.54, 1.807) is 19.0 Å². The summed E-state index contributed by atoms with van der Waals surface area (Å²) in [6.45, 7) is 8.80. The van der Waals surface area contributed by atoms with E-state index < -0.39 is 0 Å². The third-order valence-electron chi connectivity index (χ3n) is 6.10. The Labute approximate surface area is 222 Å². The van der Waals surface area contributed by atoms with E-state index in [4.69, 9.17) is 4.99 Å². The number of nitrogens with zero attached hydrogens (tertiary/aromatic N) is 3. The van der Waals surface area contributed by atoms with Gasteiger partial charge < -0.3 is 15.5 Å². The second-order valence-corrected chi connectivity index (χ2v) is 8.97. The Balaban J connectivity index is 0.00000408. The number of nitrogens with one attached hydrogen (secondary N) is 2. The number of likely N-dealkylation sites (tertiary alicyclic amines) is 1. The Morgan fingerprint density at radius 3 is 2.44 bits per heavy atom. The van der Waals surface area contributed by atoms with Crippen LogP contribution in [0, 0.1) is 6.92 Å². The van der Waals surface area contributed by atoms with E-state index in [1.807, 2.05) is 18.2 Å². The van der Waals surface area contributed by atoms with Crippen molar-refractivity contribution >= 4 is 35.8 Å². The third-order valence-corrected chi connectivity index (χ3v) is 6.10. The number of benzene rings is 2. The van der Waals surface area contributed by atoms with Crippen LogP contribution < -0.4 is 10.6 Å². The molecule has 0 spiro atoms. The van der Waals surface area contributed by atoms with Crippen LogP contribution in [0.15, 0.2) is 53.5 Å². The molecule has 3 rings (SSSR count). The molecular weight excluding hydrogens is 537 g/mol. The molecule has 34 heavy (non-hydrogen) atoms. The molecule has 1 unspecified atom stereocenters. The van der Waals surface area contributed by atoms with Gasteiger partial charge in [-0.3, -0.25) is 14.7 Å². The van der Waals surface area contributed by atoms with Gasteiger partial charge in [-0.2, -0.15) is 0 Å². The minimum atomic E-state index is 0. The van der Waals surface area contributed by atoms with Crippen LogP contribution in [0.5, 0.6) is 0 Å². The van der Waals surface area contributed by atoms with Crippen LogP contribution in [-0.2, 0) is 6.42 Å². The normalized spacial score (nSPS) is 14.9. The van der Waals surface area contributed by atoms with Crippen molar-refractivity contribution in [1.82, 2.24) is 20.4 Å². The van der Waals surface area contributed by atoms with E-state index >= 15 is 0 Å². The number of carbonyl (C=O) groups is 1. The van der Waals surface area contributed by atoms with Crippen molar-refractivity contribution in [3.8, 4) is 0 Å². The summed E-state index contributed by atoms with van der Waals surface area (Å²) in [7, 11) is 3.56. The molecule has 186 valence electrons. The highest BCUT2D eigenvalue weighted by molar-refractivity contribution is 14.0. The average molecular weight is 578 g/mol. The summed E-state index contributed by atoms with van der Waals surface area (Å²) in [6.07, 6.45) is 3.35. The van der Waals surface area contributed by atoms with Gasteiger partial charge in [0.1, 0.15) is 0 Å². The molecule has 2 aromatic rings. The Morgan fingerprint density at radius 1 is 1.09 bits per heavy atom. The maximum absolute atomic E-state index is 12.2. The Bertz CT molecular complexity index is 923. The number of halogens is 1. The lowest BCUT2D eigenvalue weighted by molar-refractivity contribution is 0.0827. The smallest absolute Gasteiger partial charge is 0.253 e. The van der Waals surface area contributed by atoms with Crippen LogP contribution in [0.4, 0.5) is 0 Å². The lowest BCUT2D eigenvalue weighted by Gasteiger charge is -2.27. The van der Waals surface area contributed by atoms with Gasteiger partial charge in [0.05, 0.1) is 12.6 Å². The number of guanidine groups is 1. The standard InChI is InChI=1S/C27H39N5O.HI/c1-5-28-27(29-16-15-22-9-8-10-24(19-22)26(33)31(3)4)30-20-25(32-17-6-7-18-32)23-13-11-21(2)12-14-23;/h8-14,19,25H,5-7,15-18,20H2,1-4H3,(H2,28,29,30);1H. The summed E-state index contributed by atoms with van der Waals surface area (Å²) in [6, 6.07) is 17.1. The minimum Gasteiger partial charge on any atom is -0.357 e. The van der Waals surface area contributed by atoms with Crippen LogP contribution in [-0.4, -0.2) is 68.5 Å². The van der Waals surface area contributed by atoms with Crippen LogP contribution in [0.2, 0.25) is 0 Å². The first kappa shape index (κ1) is 28.1. The van der Waals surface area contributed by atoms with Gasteiger partial charge in [-0.15, -0.1) is 24.0 Å². The summed E-state index contributed by atoms with van der Waals surface area (Å²) in [4.78, 5) is 21.4. The van der Waals surface area contributed by atoms with Crippen molar-refractivity contribution in [3.63, 3.8) is 0 Å². The zero-order valence-electron chi connectivity index (χ0n) is 21.0. The monoisotopic (exact) mass is 577 g/mol. The van der Waals surface area contributed by atoms with Crippen molar-refractivity contribution in [2.45, 2.75) is 39.2 Å². The molecule has 0 radical (unpaired) electrons. The fourth-order valence-electron chi connectivity index (χ4n) is 4.24. The number of amides is 1. The molecule has 2 N–H and O–H groups in total. The zero-order chi connectivity index (χ0) is 23.6. The van der Waals surface area contributed by atoms with Gasteiger partial charge in [0.2, 0.25) is 0 Å². The van der Waals surface area contributed by atoms with Gasteiger partial charge in [-0.25, -0.2) is 0 Å². The number of hydrogen-bond acceptors (Lipinski definition) is 3. The average Bonchev–Trinajstić information content (AvgIpc) is 3.34. The van der Waals surface area contributed by atoms with Gasteiger partial charge in [-0.05, 0) is 69.5 Å². The van der Waals surface area contributed by atoms with Gasteiger partial charge in [0, 0.05) is 32.7 Å². The van der Waals surface area contributed by atoms with Gasteiger partial charge in [0.15, 0.2) is 5.96 Å². The predicted molar refractivity (Wildman–Crippen MR) is 152 cm³/mol. The summed E-state index contributed by atoms with van der Waals surface area (Å²) in [5.74, 6) is 0.873. The zero-order valence-corrected chi connectivity index (χ0v) is 23.3. The largest absolute Gasteiger partial charge is 0.357 e. The fourth-order valence-corrected chi connectivity index (χ4v) is 4.24. The molecule has 1 amide bonds. The minimum absolute atomic E-state index is 0. The maximum atomic E-state index is 12.2. The fraction of sp³-hybridized carbons (Fsp3) is 0.481. The highest BCUT2D eigenvalue weighted by Gasteiger charge is 2.23. The van der Waals surface area contributed by atoms with E-state index in [0.29, 0.717) is 6.04 Å². The molecule has 7 heteroatoms. The number of hydrogen-bond donors (Lipinski definition) is 2. The molecule has 1 fully saturated rings. The topological polar surface area (TPSA) is 60.0 Å². The second kappa shape index (κ2) is 14.3. The van der Waals surface area contributed by atoms with Crippen molar-refractivity contribution in [1.29, 1.82) is 0 Å². The first-order chi connectivity index (χ1) is 16.0. The number of aryl methyl sites for hydroxylation is 1. The summed E-state index contributed by atoms with van der Waals surface area (Å²) >= 11 is 0. The summed E-state index contributed by atoms with van der Waals surface area (Å²) < 4.78 is 0. The second-order valence-electron chi connectivity index (χ2n) is 8.97. The molecule has 1 saturated heterocycles. The maximum Gasteiger partial charge on any atom is 0.253 e. The first-order valence-corrected chi connectivity index (χ1v) is 12.1. The van der Waals surface area contributed by atoms with Crippen molar-refractivity contribution in [3.05, 3.63) is 70.8 Å². The molecule has 1 atom stereocenters. The van der Waals surface area contributed by atoms with Crippen LogP contribution >= 0.6 is 24.0 Å². The van der Waals surface area contributed by atoms with E-state index in [2.05, 4.69) is 59.7 Å². The lowest BCUT2D eigenvalue weighted by atomic mass is 10.0. The molecule has 6 nitrogen and oxygen atoms in total. The highest BCUT2D eigenvalue weighted by atomic mass is 127. The van der Waals surface area contributed by atoms with Crippen LogP contribution in [0.1, 0.15) is 52.9 Å². The van der Waals surface area contributed by atoms with Gasteiger partial charge in [-0.1, -0.05) is 42.0 Å². The highest BCUT2D eigenvalue weighted by Crippen LogP contribution is 2.25. The number of carbonyl (C=O) groups excluding carboxylic acids is 1. The quantitative estimate of drug-likeness (QED) is 0.266. The van der Waals surface area contributed by atoms with Crippen molar-refractivity contribution in [2.75, 3.05) is 46.8 Å². The predicted octanol–water partition coefficient (Wildman–Crippen LogP) is 4.25. The number of aliphatic imine (C=N–C) groups is 1. The van der Waals surface area contributed by atoms with Gasteiger partial charge in [0.25, 0.3) is 5.91 Å². The Morgan fingerprint density at radius 2 is 1.79 bits per heavy atom. The van der Waals surface area contributed by atoms with E-state index in [1.165, 1.54) is 24.0 Å². The third kappa shape index (κ3) is 8.27. The lowest BCUT2D eigenvalue weighted by Crippen LogP contribution is -2.39. The first-order valence-electron chi connectivity index (χ1n) is 12.1. The molecule has 0 aromatic heterocycles. The molecule has 0 saturated carbocycles. The Hall–Kier alpha value is -2.13. The van der Waals surface area contributed by atoms with Crippen molar-refractivity contribution < 1.29 is 4.79 Å².